The van der Waals surface area contributed by atoms with Crippen molar-refractivity contribution in [3.8, 4) is 5.75 Å². The number of nitrogens with zero attached hydrogens (tertiary/aromatic N) is 1. The summed E-state index contributed by atoms with van der Waals surface area (Å²) >= 11 is 0. The molecule has 8 heteroatoms. The number of hydrogen-bond acceptors (Lipinski definition) is 4. The maximum atomic E-state index is 13.8. The van der Waals surface area contributed by atoms with E-state index in [2.05, 4.69) is 15.6 Å². The fourth-order valence-electron chi connectivity index (χ4n) is 2.99. The van der Waals surface area contributed by atoms with Crippen LogP contribution in [0.15, 0.2) is 24.4 Å². The van der Waals surface area contributed by atoms with Gasteiger partial charge in [-0.2, -0.15) is 0 Å². The second-order valence-electron chi connectivity index (χ2n) is 7.06. The number of halogens is 2. The zero-order valence-electron chi connectivity index (χ0n) is 17.1. The van der Waals surface area contributed by atoms with Crippen LogP contribution in [0, 0.1) is 31.4 Å². The van der Waals surface area contributed by atoms with Crippen LogP contribution in [0.2, 0.25) is 0 Å². The predicted octanol–water partition coefficient (Wildman–Crippen LogP) is 3.06. The molecular weight excluding hydrogens is 380 g/mol. The Bertz CT molecular complexity index is 896. The molecule has 0 aliphatic rings. The van der Waals surface area contributed by atoms with Gasteiger partial charge in [-0.1, -0.05) is 19.9 Å². The Morgan fingerprint density at radius 1 is 1.17 bits per heavy atom. The quantitative estimate of drug-likeness (QED) is 0.742. The second kappa shape index (κ2) is 9.45. The summed E-state index contributed by atoms with van der Waals surface area (Å²) in [4.78, 5) is 29.3. The first kappa shape index (κ1) is 22.3. The smallest absolute Gasteiger partial charge is 0.257 e. The number of aromatic nitrogens is 1. The van der Waals surface area contributed by atoms with Gasteiger partial charge in [0.1, 0.15) is 29.0 Å². The molecule has 0 spiro atoms. The van der Waals surface area contributed by atoms with Crippen molar-refractivity contribution < 1.29 is 23.1 Å². The number of nitrogens with one attached hydrogen (secondary N) is 2. The molecule has 2 rings (SSSR count). The minimum atomic E-state index is -0.989. The van der Waals surface area contributed by atoms with Gasteiger partial charge in [0, 0.05) is 17.3 Å². The lowest BCUT2D eigenvalue weighted by molar-refractivity contribution is -0.124. The molecule has 2 N–H and O–H groups in total. The zero-order chi connectivity index (χ0) is 21.7. The molecule has 0 radical (unpaired) electrons. The van der Waals surface area contributed by atoms with Crippen LogP contribution in [-0.2, 0) is 11.3 Å². The van der Waals surface area contributed by atoms with Crippen molar-refractivity contribution in [2.75, 3.05) is 7.11 Å². The average Bonchev–Trinajstić information content (AvgIpc) is 2.65. The van der Waals surface area contributed by atoms with Gasteiger partial charge in [0.15, 0.2) is 0 Å². The first-order chi connectivity index (χ1) is 13.7. The Hall–Kier alpha value is -3.03. The SMILES string of the molecule is COc1c(C)cnc(CNC(=O)C(NC(=O)c2c(F)cccc2F)C(C)C)c1C. The maximum Gasteiger partial charge on any atom is 0.257 e. The van der Waals surface area contributed by atoms with Crippen molar-refractivity contribution in [3.63, 3.8) is 0 Å². The largest absolute Gasteiger partial charge is 0.496 e. The summed E-state index contributed by atoms with van der Waals surface area (Å²) < 4.78 is 33.1. The summed E-state index contributed by atoms with van der Waals surface area (Å²) in [5, 5.41) is 5.14. The molecule has 29 heavy (non-hydrogen) atoms. The van der Waals surface area contributed by atoms with Gasteiger partial charge in [0.25, 0.3) is 5.91 Å². The van der Waals surface area contributed by atoms with E-state index in [9.17, 15) is 18.4 Å². The van der Waals surface area contributed by atoms with Gasteiger partial charge in [-0.25, -0.2) is 8.78 Å². The predicted molar refractivity (Wildman–Crippen MR) is 105 cm³/mol. The third kappa shape index (κ3) is 5.07. The third-order valence-electron chi connectivity index (χ3n) is 4.61. The number of carbonyl (C=O) groups excluding carboxylic acids is 2. The van der Waals surface area contributed by atoms with E-state index in [0.717, 1.165) is 23.3 Å². The average molecular weight is 405 g/mol. The molecule has 1 unspecified atom stereocenters. The molecule has 1 heterocycles. The maximum absolute atomic E-state index is 13.8. The van der Waals surface area contributed by atoms with Gasteiger partial charge in [-0.05, 0) is 31.9 Å². The number of aryl methyl sites for hydroxylation is 1. The van der Waals surface area contributed by atoms with E-state index in [0.29, 0.717) is 11.4 Å². The third-order valence-corrected chi connectivity index (χ3v) is 4.61. The van der Waals surface area contributed by atoms with E-state index in [1.807, 2.05) is 13.8 Å². The van der Waals surface area contributed by atoms with Gasteiger partial charge in [0.2, 0.25) is 5.91 Å². The number of benzene rings is 1. The minimum Gasteiger partial charge on any atom is -0.496 e. The Balaban J connectivity index is 2.13. The molecule has 1 aromatic carbocycles. The lowest BCUT2D eigenvalue weighted by Gasteiger charge is -2.22. The molecule has 0 bridgehead atoms. The van der Waals surface area contributed by atoms with E-state index in [1.54, 1.807) is 27.2 Å². The van der Waals surface area contributed by atoms with Crippen molar-refractivity contribution in [2.45, 2.75) is 40.3 Å². The summed E-state index contributed by atoms with van der Waals surface area (Å²) in [6, 6.07) is 2.16. The van der Waals surface area contributed by atoms with Gasteiger partial charge in [-0.15, -0.1) is 0 Å². The highest BCUT2D eigenvalue weighted by atomic mass is 19.1. The zero-order valence-corrected chi connectivity index (χ0v) is 17.1. The number of hydrogen-bond donors (Lipinski definition) is 2. The summed E-state index contributed by atoms with van der Waals surface area (Å²) in [5.41, 5.74) is 1.58. The highest BCUT2D eigenvalue weighted by Crippen LogP contribution is 2.23. The summed E-state index contributed by atoms with van der Waals surface area (Å²) in [6.45, 7) is 7.27. The van der Waals surface area contributed by atoms with Crippen LogP contribution in [0.25, 0.3) is 0 Å². The standard InChI is InChI=1S/C21H25F2N3O3/c1-11(2)18(26-20(27)17-14(22)7-6-8-15(17)23)21(28)25-10-16-13(4)19(29-5)12(3)9-24-16/h6-9,11,18H,10H2,1-5H3,(H,25,28)(H,26,27). The van der Waals surface area contributed by atoms with Crippen molar-refractivity contribution in [3.05, 3.63) is 58.4 Å². The Morgan fingerprint density at radius 3 is 2.34 bits per heavy atom. The van der Waals surface area contributed by atoms with E-state index < -0.39 is 35.1 Å². The number of amides is 2. The fraction of sp³-hybridized carbons (Fsp3) is 0.381. The van der Waals surface area contributed by atoms with Crippen LogP contribution in [0.4, 0.5) is 8.78 Å². The number of carbonyl (C=O) groups is 2. The normalized spacial score (nSPS) is 11.9. The second-order valence-corrected chi connectivity index (χ2v) is 7.06. The van der Waals surface area contributed by atoms with E-state index in [4.69, 9.17) is 4.74 Å². The lowest BCUT2D eigenvalue weighted by atomic mass is 10.0. The molecule has 0 saturated heterocycles. The van der Waals surface area contributed by atoms with Crippen molar-refractivity contribution in [2.24, 2.45) is 5.92 Å². The van der Waals surface area contributed by atoms with Crippen LogP contribution >= 0.6 is 0 Å². The highest BCUT2D eigenvalue weighted by Gasteiger charge is 2.27. The van der Waals surface area contributed by atoms with Crippen LogP contribution in [-0.4, -0.2) is 29.9 Å². The number of methoxy groups -OCH3 is 1. The first-order valence-electron chi connectivity index (χ1n) is 9.19. The molecule has 2 amide bonds. The fourth-order valence-corrected chi connectivity index (χ4v) is 2.99. The molecule has 156 valence electrons. The molecule has 1 aromatic heterocycles. The van der Waals surface area contributed by atoms with E-state index in [1.165, 1.54) is 6.07 Å². The Labute approximate surface area is 168 Å². The molecule has 0 fully saturated rings. The van der Waals surface area contributed by atoms with Crippen molar-refractivity contribution >= 4 is 11.8 Å². The van der Waals surface area contributed by atoms with Crippen LogP contribution < -0.4 is 15.4 Å². The Morgan fingerprint density at radius 2 is 1.79 bits per heavy atom. The molecule has 0 aliphatic heterocycles. The molecule has 0 saturated carbocycles. The molecule has 2 aromatic rings. The van der Waals surface area contributed by atoms with Gasteiger partial charge >= 0.3 is 0 Å². The van der Waals surface area contributed by atoms with Gasteiger partial charge in [-0.3, -0.25) is 14.6 Å². The first-order valence-corrected chi connectivity index (χ1v) is 9.19. The highest BCUT2D eigenvalue weighted by molar-refractivity contribution is 5.98. The number of ether oxygens (including phenoxy) is 1. The van der Waals surface area contributed by atoms with Crippen molar-refractivity contribution in [1.29, 1.82) is 0 Å². The molecule has 0 aliphatic carbocycles. The van der Waals surface area contributed by atoms with Crippen molar-refractivity contribution in [1.82, 2.24) is 15.6 Å². The van der Waals surface area contributed by atoms with Gasteiger partial charge < -0.3 is 15.4 Å². The lowest BCUT2D eigenvalue weighted by Crippen LogP contribution is -2.49. The number of pyridine rings is 1. The molecule has 1 atom stereocenters. The summed E-state index contributed by atoms with van der Waals surface area (Å²) in [5.74, 6) is -3.07. The topological polar surface area (TPSA) is 80.3 Å². The van der Waals surface area contributed by atoms with Crippen LogP contribution in [0.3, 0.4) is 0 Å². The molecular formula is C21H25F2N3O3. The van der Waals surface area contributed by atoms with E-state index >= 15 is 0 Å². The summed E-state index contributed by atoms with van der Waals surface area (Å²) in [6.07, 6.45) is 1.65. The van der Waals surface area contributed by atoms with Gasteiger partial charge in [0.05, 0.1) is 19.3 Å². The van der Waals surface area contributed by atoms with Crippen LogP contribution in [0.5, 0.6) is 5.75 Å². The Kier molecular flexibility index (Phi) is 7.25. The number of rotatable bonds is 7. The monoisotopic (exact) mass is 405 g/mol. The van der Waals surface area contributed by atoms with E-state index in [-0.39, 0.29) is 12.5 Å². The minimum absolute atomic E-state index is 0.120. The summed E-state index contributed by atoms with van der Waals surface area (Å²) in [7, 11) is 1.56. The molecule has 6 nitrogen and oxygen atoms in total. The van der Waals surface area contributed by atoms with Crippen LogP contribution in [0.1, 0.15) is 41.0 Å².